The molecule has 8 heteroatoms. The van der Waals surface area contributed by atoms with Crippen molar-refractivity contribution in [3.8, 4) is 0 Å². The Morgan fingerprint density at radius 2 is 2.14 bits per heavy atom. The molecule has 1 amide bonds. The van der Waals surface area contributed by atoms with Crippen molar-refractivity contribution >= 4 is 27.7 Å². The smallest absolute Gasteiger partial charge is 0.275 e. The van der Waals surface area contributed by atoms with Gasteiger partial charge in [-0.3, -0.25) is 4.79 Å². The molecule has 21 heavy (non-hydrogen) atoms. The highest BCUT2D eigenvalue weighted by atomic mass is 32.2. The number of furan rings is 1. The molecular formula is C13H20N2O4S2. The molecule has 0 radical (unpaired) electrons. The van der Waals surface area contributed by atoms with Gasteiger partial charge in [0.1, 0.15) is 5.76 Å². The molecule has 1 N–H and O–H groups in total. The fourth-order valence-electron chi connectivity index (χ4n) is 2.01. The van der Waals surface area contributed by atoms with Gasteiger partial charge in [-0.15, -0.1) is 11.8 Å². The zero-order chi connectivity index (χ0) is 15.5. The average Bonchev–Trinajstić information content (AvgIpc) is 2.82. The van der Waals surface area contributed by atoms with Crippen molar-refractivity contribution in [3.63, 3.8) is 0 Å². The number of rotatable bonds is 5. The van der Waals surface area contributed by atoms with Crippen LogP contribution in [0.15, 0.2) is 21.6 Å². The number of carbonyl (C=O) groups is 1. The minimum atomic E-state index is -3.54. The maximum absolute atomic E-state index is 11.9. The lowest BCUT2D eigenvalue weighted by molar-refractivity contribution is -0.120. The van der Waals surface area contributed by atoms with Crippen molar-refractivity contribution in [3.05, 3.63) is 17.9 Å². The molecule has 0 spiro atoms. The van der Waals surface area contributed by atoms with E-state index in [4.69, 9.17) is 4.42 Å². The molecule has 1 atom stereocenters. The summed E-state index contributed by atoms with van der Waals surface area (Å²) in [5, 5.41) is 2.73. The molecule has 2 heterocycles. The highest BCUT2D eigenvalue weighted by Gasteiger charge is 2.24. The highest BCUT2D eigenvalue weighted by molar-refractivity contribution is 7.99. The van der Waals surface area contributed by atoms with Crippen molar-refractivity contribution in [2.24, 2.45) is 0 Å². The minimum Gasteiger partial charge on any atom is -0.447 e. The topological polar surface area (TPSA) is 79.6 Å². The molecule has 6 nitrogen and oxygen atoms in total. The van der Waals surface area contributed by atoms with Crippen molar-refractivity contribution in [2.45, 2.75) is 35.4 Å². The molecular weight excluding hydrogens is 312 g/mol. The Morgan fingerprint density at radius 3 is 2.86 bits per heavy atom. The van der Waals surface area contributed by atoms with Gasteiger partial charge < -0.3 is 9.73 Å². The first-order valence-electron chi connectivity index (χ1n) is 6.82. The van der Waals surface area contributed by atoms with Gasteiger partial charge in [0, 0.05) is 20.6 Å². The molecule has 0 aliphatic carbocycles. The quantitative estimate of drug-likeness (QED) is 0.882. The maximum atomic E-state index is 11.9. The second-order valence-electron chi connectivity index (χ2n) is 5.09. The lowest BCUT2D eigenvalue weighted by Gasteiger charge is -2.11. The summed E-state index contributed by atoms with van der Waals surface area (Å²) < 4.78 is 30.3. The molecule has 0 unspecified atom stereocenters. The Kier molecular flexibility index (Phi) is 5.34. The first-order valence-corrected chi connectivity index (χ1v) is 9.30. The molecule has 1 aromatic heterocycles. The van der Waals surface area contributed by atoms with Gasteiger partial charge in [0.25, 0.3) is 10.0 Å². The van der Waals surface area contributed by atoms with Gasteiger partial charge in [-0.05, 0) is 25.0 Å². The predicted octanol–water partition coefficient (Wildman–Crippen LogP) is 1.43. The monoisotopic (exact) mass is 332 g/mol. The van der Waals surface area contributed by atoms with E-state index in [0.29, 0.717) is 11.5 Å². The third-order valence-electron chi connectivity index (χ3n) is 3.28. The standard InChI is InChI=1S/C13H20N2O4S2/c1-15(2)21(17,18)12-7-6-10(19-12)9-20-11-5-3-4-8-14-13(11)16/h6-7,11H,3-5,8-9H2,1-2H3,(H,14,16)/t11-/m0/s1. The van der Waals surface area contributed by atoms with Gasteiger partial charge in [0.15, 0.2) is 0 Å². The van der Waals surface area contributed by atoms with E-state index < -0.39 is 10.0 Å². The molecule has 1 aliphatic heterocycles. The van der Waals surface area contributed by atoms with Crippen molar-refractivity contribution in [2.75, 3.05) is 20.6 Å². The van der Waals surface area contributed by atoms with Gasteiger partial charge >= 0.3 is 0 Å². The van der Waals surface area contributed by atoms with Gasteiger partial charge in [-0.1, -0.05) is 6.42 Å². The number of hydrogen-bond donors (Lipinski definition) is 1. The lowest BCUT2D eigenvalue weighted by atomic mass is 10.2. The van der Waals surface area contributed by atoms with Crippen LogP contribution < -0.4 is 5.32 Å². The molecule has 118 valence electrons. The number of thioether (sulfide) groups is 1. The molecule has 1 fully saturated rings. The summed E-state index contributed by atoms with van der Waals surface area (Å²) in [7, 11) is -0.617. The third-order valence-corrected chi connectivity index (χ3v) is 6.28. The largest absolute Gasteiger partial charge is 0.447 e. The minimum absolute atomic E-state index is 0.0604. The Bertz CT molecular complexity index is 595. The van der Waals surface area contributed by atoms with E-state index in [2.05, 4.69) is 5.32 Å². The van der Waals surface area contributed by atoms with Crippen LogP contribution in [0.3, 0.4) is 0 Å². The summed E-state index contributed by atoms with van der Waals surface area (Å²) in [5.74, 6) is 1.11. The number of nitrogens with one attached hydrogen (secondary N) is 1. The van der Waals surface area contributed by atoms with Crippen LogP contribution in [0.2, 0.25) is 0 Å². The molecule has 0 aromatic carbocycles. The molecule has 2 rings (SSSR count). The van der Waals surface area contributed by atoms with Crippen LogP contribution in [0, 0.1) is 0 Å². The lowest BCUT2D eigenvalue weighted by Crippen LogP contribution is -2.30. The van der Waals surface area contributed by atoms with Crippen molar-refractivity contribution < 1.29 is 17.6 Å². The van der Waals surface area contributed by atoms with Crippen LogP contribution in [-0.2, 0) is 20.6 Å². The van der Waals surface area contributed by atoms with E-state index in [-0.39, 0.29) is 16.2 Å². The summed E-state index contributed by atoms with van der Waals surface area (Å²) in [4.78, 5) is 11.8. The molecule has 0 saturated carbocycles. The van der Waals surface area contributed by atoms with Gasteiger partial charge in [-0.25, -0.2) is 12.7 Å². The second kappa shape index (κ2) is 6.85. The normalized spacial score (nSPS) is 20.3. The Hall–Kier alpha value is -0.990. The molecule has 0 bridgehead atoms. The number of carbonyl (C=O) groups excluding carboxylic acids is 1. The molecule has 1 aromatic rings. The summed E-state index contributed by atoms with van der Waals surface area (Å²) >= 11 is 1.49. The first-order chi connectivity index (χ1) is 9.91. The predicted molar refractivity (Wildman–Crippen MR) is 81.5 cm³/mol. The highest BCUT2D eigenvalue weighted by Crippen LogP contribution is 2.26. The zero-order valence-electron chi connectivity index (χ0n) is 12.2. The summed E-state index contributed by atoms with van der Waals surface area (Å²) in [6.07, 6.45) is 2.88. The summed E-state index contributed by atoms with van der Waals surface area (Å²) in [6.45, 7) is 0.738. The number of hydrogen-bond acceptors (Lipinski definition) is 5. The summed E-state index contributed by atoms with van der Waals surface area (Å²) in [6, 6.07) is 3.11. The number of amides is 1. The first kappa shape index (κ1) is 16.4. The fraction of sp³-hybridized carbons (Fsp3) is 0.615. The Labute approximate surface area is 129 Å². The van der Waals surface area contributed by atoms with Crippen LogP contribution >= 0.6 is 11.8 Å². The third kappa shape index (κ3) is 4.02. The van der Waals surface area contributed by atoms with E-state index in [0.717, 1.165) is 30.1 Å². The summed E-state index contributed by atoms with van der Waals surface area (Å²) in [5.41, 5.74) is 0. The van der Waals surface area contributed by atoms with Crippen molar-refractivity contribution in [1.82, 2.24) is 9.62 Å². The second-order valence-corrected chi connectivity index (χ2v) is 8.37. The van der Waals surface area contributed by atoms with E-state index >= 15 is 0 Å². The van der Waals surface area contributed by atoms with Crippen LogP contribution in [0.5, 0.6) is 0 Å². The van der Waals surface area contributed by atoms with Crippen molar-refractivity contribution in [1.29, 1.82) is 0 Å². The molecule has 1 aliphatic rings. The number of nitrogens with zero attached hydrogens (tertiary/aromatic N) is 1. The van der Waals surface area contributed by atoms with Crippen LogP contribution in [0.25, 0.3) is 0 Å². The Morgan fingerprint density at radius 1 is 1.38 bits per heavy atom. The zero-order valence-corrected chi connectivity index (χ0v) is 13.8. The van der Waals surface area contributed by atoms with E-state index in [1.54, 1.807) is 6.07 Å². The van der Waals surface area contributed by atoms with E-state index in [1.807, 2.05) is 0 Å². The van der Waals surface area contributed by atoms with Crippen LogP contribution in [0.1, 0.15) is 25.0 Å². The van der Waals surface area contributed by atoms with Crippen LogP contribution in [-0.4, -0.2) is 44.5 Å². The fourth-order valence-corrected chi connectivity index (χ4v) is 3.91. The van der Waals surface area contributed by atoms with E-state index in [1.165, 1.54) is 31.9 Å². The number of sulfonamides is 1. The van der Waals surface area contributed by atoms with E-state index in [9.17, 15) is 13.2 Å². The molecule has 1 saturated heterocycles. The van der Waals surface area contributed by atoms with Crippen LogP contribution in [0.4, 0.5) is 0 Å². The van der Waals surface area contributed by atoms with Gasteiger partial charge in [0.05, 0.1) is 11.0 Å². The maximum Gasteiger partial charge on any atom is 0.275 e. The SMILES string of the molecule is CN(C)S(=O)(=O)c1ccc(CS[C@H]2CCCCNC2=O)o1. The average molecular weight is 332 g/mol. The van der Waals surface area contributed by atoms with Gasteiger partial charge in [0.2, 0.25) is 11.0 Å². The van der Waals surface area contributed by atoms with Gasteiger partial charge in [-0.2, -0.15) is 0 Å². The Balaban J connectivity index is 1.98.